The Morgan fingerprint density at radius 1 is 0.957 bits per heavy atom. The van der Waals surface area contributed by atoms with Gasteiger partial charge in [-0.25, -0.2) is 0 Å². The first-order valence-corrected chi connectivity index (χ1v) is 7.78. The van der Waals surface area contributed by atoms with Crippen LogP contribution in [0.5, 0.6) is 0 Å². The smallest absolute Gasteiger partial charge is 0.423 e. The van der Waals surface area contributed by atoms with Gasteiger partial charge in [-0.3, -0.25) is 0 Å². The summed E-state index contributed by atoms with van der Waals surface area (Å²) in [5.74, 6) is 0. The molecule has 0 aliphatic rings. The van der Waals surface area contributed by atoms with E-state index in [-0.39, 0.29) is 0 Å². The van der Waals surface area contributed by atoms with Gasteiger partial charge in [0.15, 0.2) is 0 Å². The molecular formula is C18H22BNO3. The number of fused-ring (bicyclic) bond motifs is 3. The van der Waals surface area contributed by atoms with Crippen molar-refractivity contribution in [2.24, 2.45) is 0 Å². The third kappa shape index (κ3) is 2.87. The van der Waals surface area contributed by atoms with E-state index in [1.165, 1.54) is 0 Å². The van der Waals surface area contributed by atoms with Gasteiger partial charge in [0.05, 0.1) is 11.2 Å². The molecule has 0 amide bonds. The number of aromatic amines is 1. The Bertz CT molecular complexity index is 848. The number of aromatic nitrogens is 1. The Kier molecular flexibility index (Phi) is 3.75. The maximum atomic E-state index is 10.4. The number of nitrogens with one attached hydrogen (secondary N) is 1. The van der Waals surface area contributed by atoms with Gasteiger partial charge in [-0.1, -0.05) is 30.3 Å². The van der Waals surface area contributed by atoms with Crippen LogP contribution in [0.25, 0.3) is 21.8 Å². The van der Waals surface area contributed by atoms with Gasteiger partial charge in [0.2, 0.25) is 0 Å². The molecule has 0 fully saturated rings. The molecule has 3 aromatic rings. The van der Waals surface area contributed by atoms with E-state index in [0.717, 1.165) is 21.8 Å². The Morgan fingerprint density at radius 3 is 2.30 bits per heavy atom. The van der Waals surface area contributed by atoms with Gasteiger partial charge in [-0.05, 0) is 45.3 Å². The van der Waals surface area contributed by atoms with Crippen LogP contribution in [0.1, 0.15) is 27.7 Å². The molecular weight excluding hydrogens is 289 g/mol. The SMILES string of the molecule is CC(C)(O)C(C)(C)OB(O)c1ccc2[nH]c3ccccc3c2c1. The largest absolute Gasteiger partial charge is 0.491 e. The van der Waals surface area contributed by atoms with Crippen molar-refractivity contribution in [1.29, 1.82) is 0 Å². The molecule has 0 bridgehead atoms. The molecule has 0 saturated carbocycles. The summed E-state index contributed by atoms with van der Waals surface area (Å²) in [6, 6.07) is 13.8. The number of rotatable bonds is 4. The van der Waals surface area contributed by atoms with E-state index in [1.807, 2.05) is 42.5 Å². The first-order valence-electron chi connectivity index (χ1n) is 7.78. The minimum absolute atomic E-state index is 0.666. The number of hydrogen-bond donors (Lipinski definition) is 3. The average Bonchev–Trinajstić information content (AvgIpc) is 2.83. The van der Waals surface area contributed by atoms with Gasteiger partial charge >= 0.3 is 7.12 Å². The molecule has 0 radical (unpaired) electrons. The molecule has 0 unspecified atom stereocenters. The van der Waals surface area contributed by atoms with E-state index in [2.05, 4.69) is 4.98 Å². The van der Waals surface area contributed by atoms with E-state index in [9.17, 15) is 10.1 Å². The van der Waals surface area contributed by atoms with Gasteiger partial charge < -0.3 is 19.8 Å². The van der Waals surface area contributed by atoms with Gasteiger partial charge in [0, 0.05) is 21.8 Å². The number of hydrogen-bond acceptors (Lipinski definition) is 3. The first kappa shape index (κ1) is 16.1. The van der Waals surface area contributed by atoms with E-state index in [4.69, 9.17) is 4.65 Å². The fraction of sp³-hybridized carbons (Fsp3) is 0.333. The van der Waals surface area contributed by atoms with Crippen LogP contribution in [0.3, 0.4) is 0 Å². The topological polar surface area (TPSA) is 65.5 Å². The standard InChI is InChI=1S/C18H22BNO3/c1-17(2,21)18(3,4)23-19(22)12-9-10-16-14(11-12)13-7-5-6-8-15(13)20-16/h5-11,20-22H,1-4H3. The lowest BCUT2D eigenvalue weighted by atomic mass is 9.76. The molecule has 1 aromatic heterocycles. The summed E-state index contributed by atoms with van der Waals surface area (Å²) in [6.07, 6.45) is 0. The van der Waals surface area contributed by atoms with Crippen LogP contribution in [-0.2, 0) is 4.65 Å². The quantitative estimate of drug-likeness (QED) is 0.649. The Morgan fingerprint density at radius 2 is 1.61 bits per heavy atom. The predicted molar refractivity (Wildman–Crippen MR) is 94.9 cm³/mol. The Hall–Kier alpha value is -1.82. The summed E-state index contributed by atoms with van der Waals surface area (Å²) in [5.41, 5.74) is 0.788. The van der Waals surface area contributed by atoms with Crippen molar-refractivity contribution in [2.75, 3.05) is 0 Å². The highest BCUT2D eigenvalue weighted by Crippen LogP contribution is 2.27. The highest BCUT2D eigenvalue weighted by atomic mass is 16.5. The normalized spacial score (nSPS) is 13.0. The molecule has 0 atom stereocenters. The summed E-state index contributed by atoms with van der Waals surface area (Å²) in [5, 5.41) is 22.8. The minimum Gasteiger partial charge on any atom is -0.423 e. The van der Waals surface area contributed by atoms with Crippen LogP contribution in [-0.4, -0.2) is 33.4 Å². The molecule has 5 heteroatoms. The zero-order valence-corrected chi connectivity index (χ0v) is 13.9. The fourth-order valence-electron chi connectivity index (χ4n) is 2.51. The maximum absolute atomic E-state index is 10.4. The first-order chi connectivity index (χ1) is 10.7. The number of benzene rings is 2. The minimum atomic E-state index is -1.10. The number of para-hydroxylation sites is 1. The van der Waals surface area contributed by atoms with Crippen molar-refractivity contribution in [3.8, 4) is 0 Å². The van der Waals surface area contributed by atoms with Gasteiger partial charge in [0.1, 0.15) is 0 Å². The van der Waals surface area contributed by atoms with E-state index in [0.29, 0.717) is 5.46 Å². The summed E-state index contributed by atoms with van der Waals surface area (Å²) in [4.78, 5) is 3.35. The summed E-state index contributed by atoms with van der Waals surface area (Å²) >= 11 is 0. The predicted octanol–water partition coefficient (Wildman–Crippen LogP) is 2.57. The molecule has 3 rings (SSSR count). The highest BCUT2D eigenvalue weighted by molar-refractivity contribution is 6.60. The third-order valence-corrected chi connectivity index (χ3v) is 4.69. The third-order valence-electron chi connectivity index (χ3n) is 4.69. The van der Waals surface area contributed by atoms with Crippen LogP contribution in [0.2, 0.25) is 0 Å². The average molecular weight is 311 g/mol. The second-order valence-electron chi connectivity index (χ2n) is 7.02. The molecule has 1 heterocycles. The molecule has 2 aromatic carbocycles. The molecule has 0 saturated heterocycles. The van der Waals surface area contributed by atoms with Crippen LogP contribution in [0.15, 0.2) is 42.5 Å². The molecule has 0 aliphatic heterocycles. The summed E-state index contributed by atoms with van der Waals surface area (Å²) in [7, 11) is -1.10. The van der Waals surface area contributed by atoms with E-state index < -0.39 is 18.3 Å². The second kappa shape index (κ2) is 5.37. The summed E-state index contributed by atoms with van der Waals surface area (Å²) in [6.45, 7) is 6.87. The Labute approximate surface area is 136 Å². The molecule has 0 aliphatic carbocycles. The monoisotopic (exact) mass is 311 g/mol. The zero-order valence-electron chi connectivity index (χ0n) is 13.9. The second-order valence-corrected chi connectivity index (χ2v) is 7.02. The van der Waals surface area contributed by atoms with Crippen molar-refractivity contribution in [1.82, 2.24) is 4.98 Å². The molecule has 120 valence electrons. The van der Waals surface area contributed by atoms with Gasteiger partial charge in [-0.2, -0.15) is 0 Å². The zero-order chi connectivity index (χ0) is 16.8. The lowest BCUT2D eigenvalue weighted by molar-refractivity contribution is -0.0982. The molecule has 4 nitrogen and oxygen atoms in total. The van der Waals surface area contributed by atoms with E-state index >= 15 is 0 Å². The van der Waals surface area contributed by atoms with Crippen LogP contribution >= 0.6 is 0 Å². The van der Waals surface area contributed by atoms with Crippen molar-refractivity contribution < 1.29 is 14.8 Å². The van der Waals surface area contributed by atoms with Crippen molar-refractivity contribution in [3.63, 3.8) is 0 Å². The molecule has 0 spiro atoms. The van der Waals surface area contributed by atoms with Crippen LogP contribution in [0, 0.1) is 0 Å². The molecule has 3 N–H and O–H groups in total. The highest BCUT2D eigenvalue weighted by Gasteiger charge is 2.39. The van der Waals surface area contributed by atoms with Crippen molar-refractivity contribution >= 4 is 34.4 Å². The lowest BCUT2D eigenvalue weighted by Crippen LogP contribution is -2.53. The van der Waals surface area contributed by atoms with E-state index in [1.54, 1.807) is 27.7 Å². The van der Waals surface area contributed by atoms with Crippen LogP contribution in [0.4, 0.5) is 0 Å². The number of aliphatic hydroxyl groups is 1. The van der Waals surface area contributed by atoms with Crippen LogP contribution < -0.4 is 5.46 Å². The lowest BCUT2D eigenvalue weighted by Gasteiger charge is -2.38. The Balaban J connectivity index is 1.98. The van der Waals surface area contributed by atoms with Gasteiger partial charge in [0.25, 0.3) is 0 Å². The fourth-order valence-corrected chi connectivity index (χ4v) is 2.51. The molecule has 23 heavy (non-hydrogen) atoms. The number of H-pyrrole nitrogens is 1. The summed E-state index contributed by atoms with van der Waals surface area (Å²) < 4.78 is 5.72. The van der Waals surface area contributed by atoms with Gasteiger partial charge in [-0.15, -0.1) is 0 Å². The van der Waals surface area contributed by atoms with Crippen molar-refractivity contribution in [2.45, 2.75) is 38.9 Å². The maximum Gasteiger partial charge on any atom is 0.491 e. The van der Waals surface area contributed by atoms with Crippen molar-refractivity contribution in [3.05, 3.63) is 42.5 Å².